The number of Topliss-reactive ketones (excluding diaryl/α,β-unsaturated/α-hetero) is 1. The van der Waals surface area contributed by atoms with Crippen LogP contribution in [0.2, 0.25) is 0 Å². The Hall–Kier alpha value is -5.86. The quantitative estimate of drug-likeness (QED) is 0.0558. The second kappa shape index (κ2) is 23.1. The minimum Gasteiger partial charge on any atom is -0.344 e. The average Bonchev–Trinajstić information content (AvgIpc) is 3.22. The Morgan fingerprint density at radius 3 is 2.02 bits per heavy atom. The van der Waals surface area contributed by atoms with Gasteiger partial charge in [0.2, 0.25) is 23.5 Å². The van der Waals surface area contributed by atoms with Gasteiger partial charge in [0.05, 0.1) is 28.6 Å². The van der Waals surface area contributed by atoms with E-state index in [2.05, 4.69) is 31.2 Å². The molecule has 1 saturated carbocycles. The van der Waals surface area contributed by atoms with Crippen LogP contribution in [0.5, 0.6) is 0 Å². The number of amides is 6. The van der Waals surface area contributed by atoms with Crippen molar-refractivity contribution in [2.45, 2.75) is 121 Å². The Kier molecular flexibility index (Phi) is 18.6. The summed E-state index contributed by atoms with van der Waals surface area (Å²) in [6.45, 7) is 7.92. The number of nitrogens with zero attached hydrogens (tertiary/aromatic N) is 3. The molecule has 1 fully saturated rings. The number of sulfonamides is 1. The molecule has 3 rings (SSSR count). The van der Waals surface area contributed by atoms with Crippen LogP contribution in [0.3, 0.4) is 0 Å². The van der Waals surface area contributed by atoms with Crippen LogP contribution in [0.4, 0.5) is 5.69 Å². The third kappa shape index (κ3) is 14.8. The van der Waals surface area contributed by atoms with Gasteiger partial charge in [-0.3, -0.25) is 48.7 Å². The molecule has 1 aromatic heterocycles. The second-order valence-electron chi connectivity index (χ2n) is 15.2. The number of benzene rings is 1. The molecule has 0 aliphatic heterocycles. The number of non-ortho nitro benzene ring substituents is 1. The summed E-state index contributed by atoms with van der Waals surface area (Å²) in [5, 5.41) is 23.7. The lowest BCUT2D eigenvalue weighted by Gasteiger charge is -2.31. The van der Waals surface area contributed by atoms with Gasteiger partial charge in [-0.05, 0) is 49.1 Å². The number of nitrogens with one attached hydrogen (secondary N) is 6. The molecule has 6 amide bonds. The predicted molar refractivity (Wildman–Crippen MR) is 216 cm³/mol. The maximum Gasteiger partial charge on any atom is 0.290 e. The number of hydrogen-bond donors (Lipinski definition) is 6. The lowest BCUT2D eigenvalue weighted by atomic mass is 9.84. The molecule has 328 valence electrons. The van der Waals surface area contributed by atoms with Gasteiger partial charge in [-0.25, -0.2) is 18.1 Å². The molecule has 0 bridgehead atoms. The van der Waals surface area contributed by atoms with Gasteiger partial charge in [0.25, 0.3) is 33.4 Å². The van der Waals surface area contributed by atoms with E-state index in [1.165, 1.54) is 25.5 Å². The van der Waals surface area contributed by atoms with Gasteiger partial charge in [-0.2, -0.15) is 0 Å². The van der Waals surface area contributed by atoms with E-state index in [-0.39, 0.29) is 42.5 Å². The monoisotopic (exact) mass is 857 g/mol. The molecular formula is C39H55N9O11S. The minimum atomic E-state index is -4.48. The zero-order valence-corrected chi connectivity index (χ0v) is 35.2. The first-order valence-corrected chi connectivity index (χ1v) is 21.4. The van der Waals surface area contributed by atoms with Crippen molar-refractivity contribution in [3.05, 3.63) is 58.7 Å². The van der Waals surface area contributed by atoms with Gasteiger partial charge >= 0.3 is 0 Å². The average molecular weight is 858 g/mol. The number of carbonyl (C=O) groups excluding carboxylic acids is 7. The molecule has 60 heavy (non-hydrogen) atoms. The van der Waals surface area contributed by atoms with E-state index in [4.69, 9.17) is 0 Å². The summed E-state index contributed by atoms with van der Waals surface area (Å²) in [4.78, 5) is 111. The third-order valence-corrected chi connectivity index (χ3v) is 11.5. The number of hydrogen-bond acceptors (Lipinski definition) is 13. The fourth-order valence-corrected chi connectivity index (χ4v) is 7.56. The van der Waals surface area contributed by atoms with Crippen LogP contribution in [0.15, 0.2) is 47.8 Å². The number of ketones is 1. The molecule has 21 heteroatoms. The molecule has 5 atom stereocenters. The van der Waals surface area contributed by atoms with Crippen LogP contribution in [0.25, 0.3) is 0 Å². The second-order valence-corrected chi connectivity index (χ2v) is 16.9. The summed E-state index contributed by atoms with van der Waals surface area (Å²) >= 11 is 0. The molecule has 1 heterocycles. The number of carbonyl (C=O) groups is 7. The standard InChI is InChI=1S/C39H55N9O11S/c1-6-24(5)33(46-36(52)29(19-23(3)4)44-37(53)31-21-40-17-18-41-31)38(54)45-30(20-25-11-9-8-10-12-25)35(51)43-28(7-2)34(50)39(55)42-22-32(49)47-60(58,59)27-15-13-26(14-16-27)48(56)57/h13-18,21,23-25,28-30,33H,6-12,19-20,22H2,1-5H3,(H,42,55)(H,43,51)(H,44,53)(H,45,54)(H,46,52)(H,47,49)/t24-,28-,29-,30-,33?/m0/s1. The van der Waals surface area contributed by atoms with E-state index >= 15 is 0 Å². The molecular weight excluding hydrogens is 803 g/mol. The summed E-state index contributed by atoms with van der Waals surface area (Å²) in [6, 6.07) is -1.02. The van der Waals surface area contributed by atoms with Crippen LogP contribution < -0.4 is 31.3 Å². The van der Waals surface area contributed by atoms with Crippen molar-refractivity contribution in [3.8, 4) is 0 Å². The summed E-state index contributed by atoms with van der Waals surface area (Å²) in [7, 11) is -4.48. The highest BCUT2D eigenvalue weighted by Crippen LogP contribution is 2.28. The van der Waals surface area contributed by atoms with Gasteiger partial charge in [0, 0.05) is 24.5 Å². The van der Waals surface area contributed by atoms with E-state index in [9.17, 15) is 52.1 Å². The largest absolute Gasteiger partial charge is 0.344 e. The van der Waals surface area contributed by atoms with Crippen molar-refractivity contribution < 1.29 is 46.9 Å². The molecule has 0 radical (unpaired) electrons. The number of nitro groups is 1. The van der Waals surface area contributed by atoms with Crippen LogP contribution in [0.1, 0.15) is 103 Å². The molecule has 2 aromatic rings. The third-order valence-electron chi connectivity index (χ3n) is 10.1. The van der Waals surface area contributed by atoms with Crippen molar-refractivity contribution in [3.63, 3.8) is 0 Å². The first kappa shape index (κ1) is 48.5. The summed E-state index contributed by atoms with van der Waals surface area (Å²) in [5.41, 5.74) is -0.369. The van der Waals surface area contributed by atoms with Gasteiger partial charge in [0.15, 0.2) is 0 Å². The molecule has 1 unspecified atom stereocenters. The highest BCUT2D eigenvalue weighted by Gasteiger charge is 2.36. The summed E-state index contributed by atoms with van der Waals surface area (Å²) in [5.74, 6) is -6.69. The molecule has 1 aliphatic rings. The Morgan fingerprint density at radius 1 is 0.817 bits per heavy atom. The highest BCUT2D eigenvalue weighted by molar-refractivity contribution is 7.90. The fraction of sp³-hybridized carbons (Fsp3) is 0.564. The number of rotatable bonds is 22. The molecule has 0 spiro atoms. The van der Waals surface area contributed by atoms with Crippen molar-refractivity contribution in [1.82, 2.24) is 41.3 Å². The van der Waals surface area contributed by atoms with Crippen LogP contribution in [-0.2, 0) is 38.8 Å². The molecule has 20 nitrogen and oxygen atoms in total. The van der Waals surface area contributed by atoms with E-state index in [0.29, 0.717) is 6.42 Å². The van der Waals surface area contributed by atoms with Crippen LogP contribution in [-0.4, -0.2) is 95.2 Å². The normalized spacial score (nSPS) is 15.6. The Balaban J connectivity index is 1.72. The van der Waals surface area contributed by atoms with Gasteiger partial charge in [0.1, 0.15) is 23.8 Å². The molecule has 0 saturated heterocycles. The maximum absolute atomic E-state index is 14.1. The lowest BCUT2D eigenvalue weighted by molar-refractivity contribution is -0.384. The fourth-order valence-electron chi connectivity index (χ4n) is 6.58. The lowest BCUT2D eigenvalue weighted by Crippen LogP contribution is -2.60. The topological polar surface area (TPSA) is 295 Å². The smallest absolute Gasteiger partial charge is 0.290 e. The number of nitro benzene ring substituents is 1. The minimum absolute atomic E-state index is 0.00554. The first-order chi connectivity index (χ1) is 28.4. The Labute approximate surface area is 348 Å². The molecule has 1 aromatic carbocycles. The SMILES string of the molecule is CC[C@H](NC(=O)[C@H](CC1CCCCC1)NC(=O)C(NC(=O)[C@H](CC(C)C)NC(=O)c1cnccn1)[C@@H](C)CC)C(=O)C(=O)NCC(=O)NS(=O)(=O)c1ccc([N+](=O)[O-])cc1. The van der Waals surface area contributed by atoms with Gasteiger partial charge in [-0.1, -0.05) is 73.1 Å². The van der Waals surface area contributed by atoms with Gasteiger partial charge in [-0.15, -0.1) is 0 Å². The van der Waals surface area contributed by atoms with E-state index in [0.717, 1.165) is 56.4 Å². The van der Waals surface area contributed by atoms with Crippen molar-refractivity contribution in [2.75, 3.05) is 6.54 Å². The van der Waals surface area contributed by atoms with E-state index in [1.807, 2.05) is 26.1 Å². The molecule has 1 aliphatic carbocycles. The van der Waals surface area contributed by atoms with Crippen LogP contribution in [0, 0.1) is 27.9 Å². The van der Waals surface area contributed by atoms with E-state index < -0.39 is 97.7 Å². The molecule has 6 N–H and O–H groups in total. The number of aromatic nitrogens is 2. The zero-order valence-electron chi connectivity index (χ0n) is 34.4. The van der Waals surface area contributed by atoms with Crippen molar-refractivity contribution in [2.24, 2.45) is 17.8 Å². The Morgan fingerprint density at radius 2 is 1.45 bits per heavy atom. The van der Waals surface area contributed by atoms with Crippen molar-refractivity contribution in [1.29, 1.82) is 0 Å². The zero-order chi connectivity index (χ0) is 44.6. The Bertz CT molecular complexity index is 1960. The summed E-state index contributed by atoms with van der Waals surface area (Å²) < 4.78 is 26.8. The summed E-state index contributed by atoms with van der Waals surface area (Å²) in [6.07, 6.45) is 9.33. The maximum atomic E-state index is 14.1. The highest BCUT2D eigenvalue weighted by atomic mass is 32.2. The predicted octanol–water partition coefficient (Wildman–Crippen LogP) is 1.60. The van der Waals surface area contributed by atoms with Gasteiger partial charge < -0.3 is 26.6 Å². The van der Waals surface area contributed by atoms with E-state index in [1.54, 1.807) is 11.6 Å². The first-order valence-electron chi connectivity index (χ1n) is 20.0. The van der Waals surface area contributed by atoms with Crippen molar-refractivity contribution >= 4 is 56.9 Å². The van der Waals surface area contributed by atoms with Crippen LogP contribution >= 0.6 is 0 Å².